The molecule has 2 aromatic rings. The van der Waals surface area contributed by atoms with Crippen LogP contribution < -0.4 is 10.2 Å². The molecule has 0 unspecified atom stereocenters. The minimum atomic E-state index is -0.0829. The van der Waals surface area contributed by atoms with Gasteiger partial charge in [0.25, 0.3) is 0 Å². The molecular formula is C15H17N5O2. The Morgan fingerprint density at radius 1 is 1.27 bits per heavy atom. The van der Waals surface area contributed by atoms with Crippen molar-refractivity contribution in [1.29, 1.82) is 0 Å². The topological polar surface area (TPSA) is 80.1 Å². The number of carbonyl (C=O) groups excluding carboxylic acids is 2. The summed E-state index contributed by atoms with van der Waals surface area (Å²) in [5.41, 5.74) is 1.60. The van der Waals surface area contributed by atoms with Gasteiger partial charge in [-0.25, -0.2) is 4.98 Å². The van der Waals surface area contributed by atoms with E-state index in [2.05, 4.69) is 15.4 Å². The second kappa shape index (κ2) is 6.38. The van der Waals surface area contributed by atoms with E-state index < -0.39 is 0 Å². The van der Waals surface area contributed by atoms with Crippen molar-refractivity contribution < 1.29 is 9.59 Å². The van der Waals surface area contributed by atoms with Gasteiger partial charge >= 0.3 is 0 Å². The molecule has 0 bridgehead atoms. The molecule has 1 saturated heterocycles. The summed E-state index contributed by atoms with van der Waals surface area (Å²) in [5, 5.41) is 6.78. The van der Waals surface area contributed by atoms with Crippen molar-refractivity contribution in [3.63, 3.8) is 0 Å². The van der Waals surface area contributed by atoms with Gasteiger partial charge in [-0.05, 0) is 30.7 Å². The fourth-order valence-electron chi connectivity index (χ4n) is 2.43. The zero-order chi connectivity index (χ0) is 15.4. The van der Waals surface area contributed by atoms with Gasteiger partial charge in [0.05, 0.1) is 6.54 Å². The maximum Gasteiger partial charge on any atom is 0.227 e. The summed E-state index contributed by atoms with van der Waals surface area (Å²) in [6, 6.07) is 7.34. The smallest absolute Gasteiger partial charge is 0.227 e. The molecule has 1 aromatic carbocycles. The lowest BCUT2D eigenvalue weighted by molar-refractivity contribution is -0.117. The highest BCUT2D eigenvalue weighted by molar-refractivity contribution is 5.96. The zero-order valence-electron chi connectivity index (χ0n) is 12.1. The molecule has 0 saturated carbocycles. The van der Waals surface area contributed by atoms with E-state index in [-0.39, 0.29) is 11.8 Å². The Balaban J connectivity index is 1.54. The van der Waals surface area contributed by atoms with E-state index in [9.17, 15) is 9.59 Å². The number of nitrogens with one attached hydrogen (secondary N) is 1. The van der Waals surface area contributed by atoms with Gasteiger partial charge in [0.15, 0.2) is 0 Å². The van der Waals surface area contributed by atoms with Crippen LogP contribution >= 0.6 is 0 Å². The Morgan fingerprint density at radius 3 is 2.73 bits per heavy atom. The molecule has 1 aliphatic rings. The van der Waals surface area contributed by atoms with E-state index in [1.54, 1.807) is 15.9 Å². The first-order valence-electron chi connectivity index (χ1n) is 7.25. The lowest BCUT2D eigenvalue weighted by Gasteiger charge is -2.16. The highest BCUT2D eigenvalue weighted by Crippen LogP contribution is 2.23. The predicted octanol–water partition coefficient (Wildman–Crippen LogP) is 1.43. The maximum absolute atomic E-state index is 11.9. The number of aromatic nitrogens is 3. The van der Waals surface area contributed by atoms with Crippen molar-refractivity contribution in [2.24, 2.45) is 0 Å². The second-order valence-electron chi connectivity index (χ2n) is 5.15. The van der Waals surface area contributed by atoms with E-state index in [1.807, 2.05) is 24.3 Å². The second-order valence-corrected chi connectivity index (χ2v) is 5.15. The van der Waals surface area contributed by atoms with E-state index in [4.69, 9.17) is 0 Å². The van der Waals surface area contributed by atoms with Gasteiger partial charge in [0, 0.05) is 30.8 Å². The Kier molecular flexibility index (Phi) is 4.13. The Morgan fingerprint density at radius 2 is 2.09 bits per heavy atom. The molecule has 2 amide bonds. The maximum atomic E-state index is 11.9. The van der Waals surface area contributed by atoms with Crippen LogP contribution in [0.3, 0.4) is 0 Å². The van der Waals surface area contributed by atoms with E-state index >= 15 is 0 Å². The summed E-state index contributed by atoms with van der Waals surface area (Å²) in [4.78, 5) is 29.1. The van der Waals surface area contributed by atoms with Crippen LogP contribution in [0, 0.1) is 0 Å². The van der Waals surface area contributed by atoms with Crippen molar-refractivity contribution in [1.82, 2.24) is 14.8 Å². The number of benzene rings is 1. The first-order chi connectivity index (χ1) is 10.7. The zero-order valence-corrected chi connectivity index (χ0v) is 12.1. The molecule has 1 aliphatic heterocycles. The van der Waals surface area contributed by atoms with Crippen LogP contribution in [0.4, 0.5) is 11.4 Å². The fourth-order valence-corrected chi connectivity index (χ4v) is 2.43. The molecule has 0 radical (unpaired) electrons. The van der Waals surface area contributed by atoms with Gasteiger partial charge in [0.2, 0.25) is 11.8 Å². The number of carbonyl (C=O) groups is 2. The number of hydrogen-bond acceptors (Lipinski definition) is 4. The molecule has 1 N–H and O–H groups in total. The SMILES string of the molecule is O=C(CCn1cncn1)Nc1ccc(N2CCCC2=O)cc1. The van der Waals surface area contributed by atoms with Crippen LogP contribution in [-0.2, 0) is 16.1 Å². The highest BCUT2D eigenvalue weighted by atomic mass is 16.2. The van der Waals surface area contributed by atoms with Crippen molar-refractivity contribution in [2.45, 2.75) is 25.8 Å². The molecule has 1 fully saturated rings. The molecule has 1 aromatic heterocycles. The van der Waals surface area contributed by atoms with Crippen molar-refractivity contribution in [2.75, 3.05) is 16.8 Å². The number of hydrogen-bond donors (Lipinski definition) is 1. The average molecular weight is 299 g/mol. The summed E-state index contributed by atoms with van der Waals surface area (Å²) in [7, 11) is 0. The van der Waals surface area contributed by atoms with Gasteiger partial charge in [-0.3, -0.25) is 14.3 Å². The monoisotopic (exact) mass is 299 g/mol. The van der Waals surface area contributed by atoms with Gasteiger partial charge in [-0.15, -0.1) is 0 Å². The Labute approximate surface area is 127 Å². The summed E-state index contributed by atoms with van der Waals surface area (Å²) in [6.07, 6.45) is 4.86. The van der Waals surface area contributed by atoms with Crippen LogP contribution in [0.2, 0.25) is 0 Å². The Hall–Kier alpha value is -2.70. The largest absolute Gasteiger partial charge is 0.326 e. The molecule has 2 heterocycles. The molecule has 7 heteroatoms. The standard InChI is InChI=1S/C15H17N5O2/c21-14(7-9-19-11-16-10-17-19)18-12-3-5-13(6-4-12)20-8-1-2-15(20)22/h3-6,10-11H,1-2,7-9H2,(H,18,21). The predicted molar refractivity (Wildman–Crippen MR) is 81.3 cm³/mol. The summed E-state index contributed by atoms with van der Waals surface area (Å²) in [5.74, 6) is 0.0742. The average Bonchev–Trinajstić information content (AvgIpc) is 3.17. The van der Waals surface area contributed by atoms with Gasteiger partial charge < -0.3 is 10.2 Å². The molecule has 22 heavy (non-hydrogen) atoms. The number of anilines is 2. The number of rotatable bonds is 5. The van der Waals surface area contributed by atoms with Gasteiger partial charge in [-0.1, -0.05) is 0 Å². The molecule has 114 valence electrons. The normalized spacial score (nSPS) is 14.4. The van der Waals surface area contributed by atoms with E-state index in [0.717, 1.165) is 24.3 Å². The number of aryl methyl sites for hydroxylation is 1. The molecule has 0 spiro atoms. The Bertz CT molecular complexity index is 651. The van der Waals surface area contributed by atoms with E-state index in [1.165, 1.54) is 6.33 Å². The summed E-state index contributed by atoms with van der Waals surface area (Å²) < 4.78 is 1.61. The number of nitrogens with zero attached hydrogens (tertiary/aromatic N) is 4. The summed E-state index contributed by atoms with van der Waals surface area (Å²) in [6.45, 7) is 1.26. The molecule has 0 atom stereocenters. The van der Waals surface area contributed by atoms with Crippen molar-refractivity contribution in [3.05, 3.63) is 36.9 Å². The van der Waals surface area contributed by atoms with Gasteiger partial charge in [0.1, 0.15) is 12.7 Å². The van der Waals surface area contributed by atoms with Crippen LogP contribution in [0.25, 0.3) is 0 Å². The van der Waals surface area contributed by atoms with Crippen LogP contribution in [0.5, 0.6) is 0 Å². The third kappa shape index (κ3) is 3.30. The minimum absolute atomic E-state index is 0.0829. The third-order valence-corrected chi connectivity index (χ3v) is 3.57. The first-order valence-corrected chi connectivity index (χ1v) is 7.25. The molecule has 3 rings (SSSR count). The van der Waals surface area contributed by atoms with Crippen LogP contribution in [0.1, 0.15) is 19.3 Å². The lowest BCUT2D eigenvalue weighted by atomic mass is 10.2. The van der Waals surface area contributed by atoms with Crippen molar-refractivity contribution in [3.8, 4) is 0 Å². The first kappa shape index (κ1) is 14.2. The fraction of sp³-hybridized carbons (Fsp3) is 0.333. The lowest BCUT2D eigenvalue weighted by Crippen LogP contribution is -2.23. The third-order valence-electron chi connectivity index (χ3n) is 3.57. The van der Waals surface area contributed by atoms with Crippen LogP contribution in [0.15, 0.2) is 36.9 Å². The van der Waals surface area contributed by atoms with Gasteiger partial charge in [-0.2, -0.15) is 5.10 Å². The number of amides is 2. The van der Waals surface area contributed by atoms with E-state index in [0.29, 0.717) is 19.4 Å². The summed E-state index contributed by atoms with van der Waals surface area (Å²) >= 11 is 0. The van der Waals surface area contributed by atoms with Crippen molar-refractivity contribution >= 4 is 23.2 Å². The molecule has 7 nitrogen and oxygen atoms in total. The quantitative estimate of drug-likeness (QED) is 0.905. The van der Waals surface area contributed by atoms with Crippen LogP contribution in [-0.4, -0.2) is 33.1 Å². The minimum Gasteiger partial charge on any atom is -0.326 e. The molecular weight excluding hydrogens is 282 g/mol. The molecule has 0 aliphatic carbocycles. The highest BCUT2D eigenvalue weighted by Gasteiger charge is 2.21.